The van der Waals surface area contributed by atoms with Gasteiger partial charge in [0.05, 0.1) is 10.6 Å². The molecule has 2 aromatic carbocycles. The van der Waals surface area contributed by atoms with E-state index in [4.69, 9.17) is 16.3 Å². The molecule has 0 aromatic heterocycles. The first kappa shape index (κ1) is 19.2. The van der Waals surface area contributed by atoms with Crippen LogP contribution in [-0.2, 0) is 4.79 Å². The smallest absolute Gasteiger partial charge is 0.260 e. The van der Waals surface area contributed by atoms with Crippen molar-refractivity contribution in [2.75, 3.05) is 32.8 Å². The molecule has 1 aliphatic heterocycles. The highest BCUT2D eigenvalue weighted by Gasteiger charge is 2.27. The maximum atomic E-state index is 13.9. The molecular weight excluding hydrogens is 371 g/mol. The lowest BCUT2D eigenvalue weighted by Gasteiger charge is -2.34. The van der Waals surface area contributed by atoms with Gasteiger partial charge < -0.3 is 14.5 Å². The molecule has 1 fully saturated rings. The summed E-state index contributed by atoms with van der Waals surface area (Å²) in [5.41, 5.74) is 0.931. The third-order valence-corrected chi connectivity index (χ3v) is 4.76. The van der Waals surface area contributed by atoms with E-state index in [2.05, 4.69) is 0 Å². The zero-order chi connectivity index (χ0) is 19.4. The van der Waals surface area contributed by atoms with Crippen molar-refractivity contribution >= 4 is 23.4 Å². The summed E-state index contributed by atoms with van der Waals surface area (Å²) in [6, 6.07) is 11.6. The molecule has 0 unspecified atom stereocenters. The van der Waals surface area contributed by atoms with Crippen molar-refractivity contribution < 1.29 is 18.7 Å². The van der Waals surface area contributed by atoms with E-state index in [1.807, 2.05) is 25.1 Å². The third-order valence-electron chi connectivity index (χ3n) is 4.45. The molecule has 142 valence electrons. The molecule has 0 atom stereocenters. The summed E-state index contributed by atoms with van der Waals surface area (Å²) in [7, 11) is 0. The molecule has 5 nitrogen and oxygen atoms in total. The van der Waals surface area contributed by atoms with Gasteiger partial charge in [0.15, 0.2) is 6.61 Å². The fourth-order valence-electron chi connectivity index (χ4n) is 2.96. The fraction of sp³-hybridized carbons (Fsp3) is 0.300. The van der Waals surface area contributed by atoms with E-state index in [0.717, 1.165) is 5.56 Å². The standard InChI is InChI=1S/C20H20ClFN2O3/c1-14-4-2-5-15(12-14)27-13-18(25)23-8-10-24(11-9-23)20(26)19-16(21)6-3-7-17(19)22/h2-7,12H,8-11,13H2,1H3. The third kappa shape index (κ3) is 4.57. The van der Waals surface area contributed by atoms with E-state index in [0.29, 0.717) is 31.9 Å². The van der Waals surface area contributed by atoms with Crippen LogP contribution in [0.1, 0.15) is 15.9 Å². The second-order valence-electron chi connectivity index (χ2n) is 6.37. The summed E-state index contributed by atoms with van der Waals surface area (Å²) < 4.78 is 19.5. The second-order valence-corrected chi connectivity index (χ2v) is 6.78. The number of carbonyl (C=O) groups excluding carboxylic acids is 2. The van der Waals surface area contributed by atoms with Crippen LogP contribution in [0.15, 0.2) is 42.5 Å². The van der Waals surface area contributed by atoms with Crippen molar-refractivity contribution in [3.63, 3.8) is 0 Å². The molecule has 7 heteroatoms. The quantitative estimate of drug-likeness (QED) is 0.805. The van der Waals surface area contributed by atoms with Crippen molar-refractivity contribution in [2.24, 2.45) is 0 Å². The Kier molecular flexibility index (Phi) is 5.96. The molecule has 0 N–H and O–H groups in total. The van der Waals surface area contributed by atoms with Gasteiger partial charge in [-0.05, 0) is 36.8 Å². The van der Waals surface area contributed by atoms with Crippen LogP contribution in [0.2, 0.25) is 5.02 Å². The second kappa shape index (κ2) is 8.39. The monoisotopic (exact) mass is 390 g/mol. The van der Waals surface area contributed by atoms with Crippen LogP contribution in [0.25, 0.3) is 0 Å². The highest BCUT2D eigenvalue weighted by Crippen LogP contribution is 2.21. The Morgan fingerprint density at radius 3 is 2.41 bits per heavy atom. The Morgan fingerprint density at radius 2 is 1.74 bits per heavy atom. The van der Waals surface area contributed by atoms with E-state index in [1.165, 1.54) is 23.1 Å². The van der Waals surface area contributed by atoms with Gasteiger partial charge in [0.2, 0.25) is 0 Å². The van der Waals surface area contributed by atoms with E-state index in [1.54, 1.807) is 11.0 Å². The van der Waals surface area contributed by atoms with Crippen LogP contribution >= 0.6 is 11.6 Å². The van der Waals surface area contributed by atoms with Gasteiger partial charge in [-0.2, -0.15) is 0 Å². The fourth-order valence-corrected chi connectivity index (χ4v) is 3.20. The Bertz CT molecular complexity index is 831. The molecule has 0 aliphatic carbocycles. The molecule has 0 spiro atoms. The summed E-state index contributed by atoms with van der Waals surface area (Å²) in [5.74, 6) is -0.599. The summed E-state index contributed by atoms with van der Waals surface area (Å²) in [4.78, 5) is 28.0. The Morgan fingerprint density at radius 1 is 1.07 bits per heavy atom. The number of hydrogen-bond donors (Lipinski definition) is 0. The van der Waals surface area contributed by atoms with Crippen molar-refractivity contribution in [2.45, 2.75) is 6.92 Å². The van der Waals surface area contributed by atoms with Gasteiger partial charge in [-0.15, -0.1) is 0 Å². The van der Waals surface area contributed by atoms with Gasteiger partial charge in [0.25, 0.3) is 11.8 Å². The number of rotatable bonds is 4. The molecule has 0 radical (unpaired) electrons. The molecular formula is C20H20ClFN2O3. The average Bonchev–Trinajstić information content (AvgIpc) is 2.66. The minimum atomic E-state index is -0.641. The number of halogens is 2. The summed E-state index contributed by atoms with van der Waals surface area (Å²) in [6.07, 6.45) is 0. The number of aryl methyl sites for hydroxylation is 1. The lowest BCUT2D eigenvalue weighted by molar-refractivity contribution is -0.134. The molecule has 0 saturated carbocycles. The molecule has 1 aliphatic rings. The lowest BCUT2D eigenvalue weighted by Crippen LogP contribution is -2.51. The van der Waals surface area contributed by atoms with Crippen LogP contribution in [-0.4, -0.2) is 54.4 Å². The Balaban J connectivity index is 1.54. The minimum absolute atomic E-state index is 0.0590. The maximum Gasteiger partial charge on any atom is 0.260 e. The lowest BCUT2D eigenvalue weighted by atomic mass is 10.1. The number of hydrogen-bond acceptors (Lipinski definition) is 3. The van der Waals surface area contributed by atoms with Crippen LogP contribution in [0.5, 0.6) is 5.75 Å². The molecule has 2 aromatic rings. The van der Waals surface area contributed by atoms with Crippen LogP contribution in [0.3, 0.4) is 0 Å². The highest BCUT2D eigenvalue weighted by atomic mass is 35.5. The molecule has 2 amide bonds. The first-order chi connectivity index (χ1) is 13.0. The van der Waals surface area contributed by atoms with Crippen LogP contribution < -0.4 is 4.74 Å². The minimum Gasteiger partial charge on any atom is -0.484 e. The van der Waals surface area contributed by atoms with Gasteiger partial charge in [0.1, 0.15) is 11.6 Å². The normalized spacial score (nSPS) is 14.2. The van der Waals surface area contributed by atoms with Crippen molar-refractivity contribution in [1.82, 2.24) is 9.80 Å². The molecule has 27 heavy (non-hydrogen) atoms. The van der Waals surface area contributed by atoms with Crippen LogP contribution in [0.4, 0.5) is 4.39 Å². The van der Waals surface area contributed by atoms with Crippen LogP contribution in [0, 0.1) is 12.7 Å². The van der Waals surface area contributed by atoms with Gasteiger partial charge in [-0.25, -0.2) is 4.39 Å². The first-order valence-electron chi connectivity index (χ1n) is 8.66. The highest BCUT2D eigenvalue weighted by molar-refractivity contribution is 6.33. The van der Waals surface area contributed by atoms with Gasteiger partial charge in [-0.1, -0.05) is 29.8 Å². The summed E-state index contributed by atoms with van der Waals surface area (Å²) in [6.45, 7) is 3.27. The predicted octanol–water partition coefficient (Wildman–Crippen LogP) is 3.15. The number of benzene rings is 2. The average molecular weight is 391 g/mol. The molecule has 0 bridgehead atoms. The molecule has 1 saturated heterocycles. The first-order valence-corrected chi connectivity index (χ1v) is 9.04. The SMILES string of the molecule is Cc1cccc(OCC(=O)N2CCN(C(=O)c3c(F)cccc3Cl)CC2)c1. The number of ether oxygens (including phenoxy) is 1. The van der Waals surface area contributed by atoms with E-state index < -0.39 is 11.7 Å². The Hall–Kier alpha value is -2.60. The summed E-state index contributed by atoms with van der Waals surface area (Å²) in [5, 5.41) is 0.0880. The van der Waals surface area contributed by atoms with Gasteiger partial charge in [-0.3, -0.25) is 9.59 Å². The zero-order valence-electron chi connectivity index (χ0n) is 15.0. The van der Waals surface area contributed by atoms with E-state index >= 15 is 0 Å². The summed E-state index contributed by atoms with van der Waals surface area (Å²) >= 11 is 5.96. The van der Waals surface area contributed by atoms with Crippen molar-refractivity contribution in [1.29, 1.82) is 0 Å². The maximum absolute atomic E-state index is 13.9. The predicted molar refractivity (Wildman–Crippen MR) is 101 cm³/mol. The number of amides is 2. The van der Waals surface area contributed by atoms with E-state index in [-0.39, 0.29) is 23.1 Å². The van der Waals surface area contributed by atoms with Crippen molar-refractivity contribution in [3.8, 4) is 5.75 Å². The molecule has 3 rings (SSSR count). The van der Waals surface area contributed by atoms with E-state index in [9.17, 15) is 14.0 Å². The largest absolute Gasteiger partial charge is 0.484 e. The molecule has 1 heterocycles. The van der Waals surface area contributed by atoms with Gasteiger partial charge >= 0.3 is 0 Å². The number of nitrogens with zero attached hydrogens (tertiary/aromatic N) is 2. The van der Waals surface area contributed by atoms with Crippen molar-refractivity contribution in [3.05, 3.63) is 64.4 Å². The van der Waals surface area contributed by atoms with Gasteiger partial charge in [0, 0.05) is 26.2 Å². The zero-order valence-corrected chi connectivity index (χ0v) is 15.7. The Labute approximate surface area is 162 Å². The number of carbonyl (C=O) groups is 2. The number of piperazine rings is 1. The topological polar surface area (TPSA) is 49.9 Å².